The van der Waals surface area contributed by atoms with Crippen LogP contribution in [0.2, 0.25) is 0 Å². The van der Waals surface area contributed by atoms with E-state index in [0.29, 0.717) is 29.0 Å². The summed E-state index contributed by atoms with van der Waals surface area (Å²) in [5, 5.41) is 3.17. The predicted octanol–water partition coefficient (Wildman–Crippen LogP) is 7.57. The summed E-state index contributed by atoms with van der Waals surface area (Å²) in [6.45, 7) is 2.82. The summed E-state index contributed by atoms with van der Waals surface area (Å²) in [6, 6.07) is 25.5. The fraction of sp³-hybridized carbons (Fsp3) is 0.250. The third kappa shape index (κ3) is 5.60. The summed E-state index contributed by atoms with van der Waals surface area (Å²) in [7, 11) is -2.22. The summed E-state index contributed by atoms with van der Waals surface area (Å²) in [5.74, 6) is -0.764. The van der Waals surface area contributed by atoms with Gasteiger partial charge in [-0.15, -0.1) is 0 Å². The Morgan fingerprint density at radius 2 is 1.62 bits per heavy atom. The lowest BCUT2D eigenvalue weighted by atomic mass is 9.97. The Labute approximate surface area is 235 Å². The van der Waals surface area contributed by atoms with Crippen LogP contribution < -0.4 is 10.2 Å². The van der Waals surface area contributed by atoms with Gasteiger partial charge in [0.1, 0.15) is 16.5 Å². The SMILES string of the molecule is CCCCC1CN(c2ccccc2)c2cc(CNc3ccccc3F)c(-c3ccc(F)cc3)cc2S(=O)(=O)N1C. The maximum atomic E-state index is 14.5. The van der Waals surface area contributed by atoms with E-state index in [0.717, 1.165) is 30.5 Å². The van der Waals surface area contributed by atoms with E-state index in [1.807, 2.05) is 36.4 Å². The second-order valence-electron chi connectivity index (χ2n) is 10.1. The van der Waals surface area contributed by atoms with Crippen LogP contribution in [-0.4, -0.2) is 32.4 Å². The molecule has 0 fully saturated rings. The third-order valence-electron chi connectivity index (χ3n) is 7.50. The summed E-state index contributed by atoms with van der Waals surface area (Å²) in [4.78, 5) is 2.25. The van der Waals surface area contributed by atoms with E-state index in [9.17, 15) is 17.2 Å². The monoisotopic (exact) mass is 561 g/mol. The number of rotatable bonds is 8. The van der Waals surface area contributed by atoms with Crippen molar-refractivity contribution >= 4 is 27.1 Å². The van der Waals surface area contributed by atoms with Gasteiger partial charge in [0.05, 0.1) is 11.4 Å². The smallest absolute Gasteiger partial charge is 0.245 e. The van der Waals surface area contributed by atoms with E-state index in [1.165, 1.54) is 22.5 Å². The van der Waals surface area contributed by atoms with Crippen molar-refractivity contribution in [2.45, 2.75) is 43.7 Å². The molecule has 0 saturated heterocycles. The number of hydrogen-bond acceptors (Lipinski definition) is 4. The van der Waals surface area contributed by atoms with E-state index in [-0.39, 0.29) is 29.1 Å². The predicted molar refractivity (Wildman–Crippen MR) is 157 cm³/mol. The van der Waals surface area contributed by atoms with Crippen molar-refractivity contribution in [2.75, 3.05) is 23.8 Å². The fourth-order valence-corrected chi connectivity index (χ4v) is 6.78. The van der Waals surface area contributed by atoms with Gasteiger partial charge in [-0.1, -0.05) is 62.2 Å². The first kappa shape index (κ1) is 27.8. The highest BCUT2D eigenvalue weighted by Crippen LogP contribution is 2.42. The number of fused-ring (bicyclic) bond motifs is 1. The van der Waals surface area contributed by atoms with Crippen LogP contribution in [0.25, 0.3) is 11.1 Å². The van der Waals surface area contributed by atoms with Crippen molar-refractivity contribution in [1.82, 2.24) is 4.31 Å². The molecule has 40 heavy (non-hydrogen) atoms. The minimum absolute atomic E-state index is 0.187. The minimum atomic E-state index is -3.87. The standard InChI is InChI=1S/C32H33F2N3O2S/c1-3-4-10-27-22-37(26-11-6-5-7-12-26)31-19-24(21-35-30-14-9-8-13-29(30)34)28(23-15-17-25(33)18-16-23)20-32(31)40(38,39)36(27)2/h5-9,11-20,27,35H,3-4,10,21-22H2,1-2H3. The number of nitrogens with one attached hydrogen (secondary N) is 1. The zero-order valence-corrected chi connectivity index (χ0v) is 23.5. The topological polar surface area (TPSA) is 52.7 Å². The number of hydrogen-bond donors (Lipinski definition) is 1. The Kier molecular flexibility index (Phi) is 8.19. The number of unbranched alkanes of at least 4 members (excludes halogenated alkanes) is 1. The molecule has 0 radical (unpaired) electrons. The van der Waals surface area contributed by atoms with Crippen LogP contribution in [0.1, 0.15) is 31.7 Å². The number of nitrogens with zero attached hydrogens (tertiary/aromatic N) is 2. The third-order valence-corrected chi connectivity index (χ3v) is 9.44. The zero-order chi connectivity index (χ0) is 28.3. The highest BCUT2D eigenvalue weighted by atomic mass is 32.2. The average molecular weight is 562 g/mol. The van der Waals surface area contributed by atoms with Gasteiger partial charge in [0.25, 0.3) is 0 Å². The molecular weight excluding hydrogens is 528 g/mol. The average Bonchev–Trinajstić information content (AvgIpc) is 3.04. The normalized spacial score (nSPS) is 16.8. The molecule has 0 saturated carbocycles. The Bertz CT molecular complexity index is 1580. The summed E-state index contributed by atoms with van der Waals surface area (Å²) < 4.78 is 58.0. The van der Waals surface area contributed by atoms with Crippen LogP contribution in [0.15, 0.2) is 95.9 Å². The fourth-order valence-electron chi connectivity index (χ4n) is 5.21. The Morgan fingerprint density at radius 3 is 2.33 bits per heavy atom. The van der Waals surface area contributed by atoms with Gasteiger partial charge in [0.15, 0.2) is 0 Å². The number of anilines is 3. The molecule has 0 aromatic heterocycles. The number of sulfonamides is 1. The van der Waals surface area contributed by atoms with Crippen LogP contribution in [0.4, 0.5) is 25.8 Å². The van der Waals surface area contributed by atoms with Crippen molar-refractivity contribution < 1.29 is 17.2 Å². The first-order valence-corrected chi connectivity index (χ1v) is 15.0. The first-order valence-electron chi connectivity index (χ1n) is 13.5. The van der Waals surface area contributed by atoms with E-state index >= 15 is 0 Å². The molecule has 1 atom stereocenters. The van der Waals surface area contributed by atoms with Gasteiger partial charge < -0.3 is 10.2 Å². The van der Waals surface area contributed by atoms with Crippen molar-refractivity contribution in [2.24, 2.45) is 0 Å². The van der Waals surface area contributed by atoms with Gasteiger partial charge >= 0.3 is 0 Å². The number of para-hydroxylation sites is 2. The van der Waals surface area contributed by atoms with Crippen molar-refractivity contribution in [3.8, 4) is 11.1 Å². The first-order chi connectivity index (χ1) is 19.3. The molecule has 1 heterocycles. The van der Waals surface area contributed by atoms with Crippen LogP contribution in [0, 0.1) is 11.6 Å². The van der Waals surface area contributed by atoms with Gasteiger partial charge in [0.2, 0.25) is 10.0 Å². The molecule has 1 aliphatic rings. The summed E-state index contributed by atoms with van der Waals surface area (Å²) in [5.41, 5.74) is 3.87. The molecule has 208 valence electrons. The largest absolute Gasteiger partial charge is 0.379 e. The molecule has 1 N–H and O–H groups in total. The molecule has 0 aliphatic carbocycles. The molecule has 5 rings (SSSR count). The molecule has 0 bridgehead atoms. The highest BCUT2D eigenvalue weighted by Gasteiger charge is 2.37. The number of benzene rings is 4. The van der Waals surface area contributed by atoms with Crippen LogP contribution >= 0.6 is 0 Å². The molecule has 1 unspecified atom stereocenters. The van der Waals surface area contributed by atoms with Gasteiger partial charge in [-0.2, -0.15) is 4.31 Å². The second-order valence-corrected chi connectivity index (χ2v) is 12.0. The molecule has 1 aliphatic heterocycles. The van der Waals surface area contributed by atoms with E-state index < -0.39 is 10.0 Å². The molecule has 0 spiro atoms. The van der Waals surface area contributed by atoms with Gasteiger partial charge in [0, 0.05) is 31.9 Å². The van der Waals surface area contributed by atoms with Gasteiger partial charge in [-0.25, -0.2) is 17.2 Å². The number of likely N-dealkylation sites (N-methyl/N-ethyl adjacent to an activating group) is 1. The summed E-state index contributed by atoms with van der Waals surface area (Å²) >= 11 is 0. The Hall–Kier alpha value is -3.75. The molecule has 5 nitrogen and oxygen atoms in total. The Balaban J connectivity index is 1.71. The lowest BCUT2D eigenvalue weighted by molar-refractivity contribution is 0.351. The van der Waals surface area contributed by atoms with Crippen LogP contribution in [-0.2, 0) is 16.6 Å². The molecule has 0 amide bonds. The van der Waals surface area contributed by atoms with Crippen molar-refractivity contribution in [3.63, 3.8) is 0 Å². The number of halogens is 2. The molecule has 8 heteroatoms. The molecular formula is C32H33F2N3O2S. The second kappa shape index (κ2) is 11.8. The maximum absolute atomic E-state index is 14.5. The summed E-state index contributed by atoms with van der Waals surface area (Å²) in [6.07, 6.45) is 2.60. The van der Waals surface area contributed by atoms with Gasteiger partial charge in [-0.05, 0) is 71.6 Å². The van der Waals surface area contributed by atoms with Crippen LogP contribution in [0.3, 0.4) is 0 Å². The highest BCUT2D eigenvalue weighted by molar-refractivity contribution is 7.89. The van der Waals surface area contributed by atoms with E-state index in [1.54, 1.807) is 43.4 Å². The van der Waals surface area contributed by atoms with E-state index in [4.69, 9.17) is 0 Å². The molecule has 4 aromatic carbocycles. The van der Waals surface area contributed by atoms with E-state index in [2.05, 4.69) is 17.1 Å². The van der Waals surface area contributed by atoms with Crippen LogP contribution in [0.5, 0.6) is 0 Å². The lowest BCUT2D eigenvalue weighted by Gasteiger charge is -2.30. The maximum Gasteiger partial charge on any atom is 0.245 e. The van der Waals surface area contributed by atoms with Crippen molar-refractivity contribution in [1.29, 1.82) is 0 Å². The van der Waals surface area contributed by atoms with Gasteiger partial charge in [-0.3, -0.25) is 0 Å². The zero-order valence-electron chi connectivity index (χ0n) is 22.6. The Morgan fingerprint density at radius 1 is 0.925 bits per heavy atom. The lowest BCUT2D eigenvalue weighted by Crippen LogP contribution is -2.40. The van der Waals surface area contributed by atoms with Crippen molar-refractivity contribution in [3.05, 3.63) is 108 Å². The minimum Gasteiger partial charge on any atom is -0.379 e. The quantitative estimate of drug-likeness (QED) is 0.241. The molecule has 4 aromatic rings.